The summed E-state index contributed by atoms with van der Waals surface area (Å²) in [6.07, 6.45) is 0. The molecule has 1 aliphatic heterocycles. The molecule has 0 saturated carbocycles. The molecule has 0 bridgehead atoms. The first-order valence-electron chi connectivity index (χ1n) is 3.70. The maximum Gasteiger partial charge on any atom is 0.248 e. The fourth-order valence-electron chi connectivity index (χ4n) is 1.51. The van der Waals surface area contributed by atoms with E-state index in [0.29, 0.717) is 0 Å². The Morgan fingerprint density at radius 1 is 1.45 bits per heavy atom. The van der Waals surface area contributed by atoms with Gasteiger partial charge in [-0.2, -0.15) is 0 Å². The lowest BCUT2D eigenvalue weighted by Gasteiger charge is -1.99. The number of hydrogen-bond donors (Lipinski definition) is 2. The molecule has 1 aliphatic rings. The van der Waals surface area contributed by atoms with Crippen molar-refractivity contribution in [1.29, 1.82) is 0 Å². The van der Waals surface area contributed by atoms with Gasteiger partial charge in [0.25, 0.3) is 0 Å². The molecule has 0 spiro atoms. The fraction of sp³-hybridized carbons (Fsp3) is 0.375. The van der Waals surface area contributed by atoms with Crippen LogP contribution in [0.5, 0.6) is 0 Å². The van der Waals surface area contributed by atoms with Gasteiger partial charge < -0.3 is 10.3 Å². The quantitative estimate of drug-likeness (QED) is 0.558. The lowest BCUT2D eigenvalue weighted by molar-refractivity contribution is 0.762. The van der Waals surface area contributed by atoms with Crippen LogP contribution >= 0.6 is 0 Å². The van der Waals surface area contributed by atoms with E-state index in [1.165, 1.54) is 5.56 Å². The van der Waals surface area contributed by atoms with E-state index in [4.69, 9.17) is 0 Å². The molecule has 3 nitrogen and oxygen atoms in total. The predicted octanol–water partition coefficient (Wildman–Crippen LogP) is 0.287. The average molecular weight is 150 g/mol. The van der Waals surface area contributed by atoms with E-state index < -0.39 is 0 Å². The normalized spacial score (nSPS) is 15.0. The van der Waals surface area contributed by atoms with Gasteiger partial charge in [-0.1, -0.05) is 0 Å². The summed E-state index contributed by atoms with van der Waals surface area (Å²) in [7, 11) is 0. The number of aryl methyl sites for hydroxylation is 1. The third kappa shape index (κ3) is 0.973. The van der Waals surface area contributed by atoms with Gasteiger partial charge in [0.2, 0.25) is 5.56 Å². The Bertz CT molecular complexity index is 340. The summed E-state index contributed by atoms with van der Waals surface area (Å²) in [5.74, 6) is 0. The molecular weight excluding hydrogens is 140 g/mol. The molecule has 2 rings (SSSR count). The zero-order chi connectivity index (χ0) is 7.84. The number of nitrogens with one attached hydrogen (secondary N) is 2. The van der Waals surface area contributed by atoms with Crippen LogP contribution in [0.3, 0.4) is 0 Å². The lowest BCUT2D eigenvalue weighted by atomic mass is 10.1. The maximum absolute atomic E-state index is 11.0. The largest absolute Gasteiger partial charge is 0.326 e. The van der Waals surface area contributed by atoms with Gasteiger partial charge in [0.1, 0.15) is 0 Å². The topological polar surface area (TPSA) is 44.9 Å². The highest BCUT2D eigenvalue weighted by molar-refractivity contribution is 5.32. The van der Waals surface area contributed by atoms with Crippen LogP contribution in [-0.4, -0.2) is 4.98 Å². The molecule has 0 aromatic carbocycles. The summed E-state index contributed by atoms with van der Waals surface area (Å²) in [5.41, 5.74) is 3.40. The van der Waals surface area contributed by atoms with Gasteiger partial charge in [-0.3, -0.25) is 4.79 Å². The molecule has 58 valence electrons. The molecule has 0 unspecified atom stereocenters. The summed E-state index contributed by atoms with van der Waals surface area (Å²) in [6, 6.07) is 1.67. The fourth-order valence-corrected chi connectivity index (χ4v) is 1.51. The second-order valence-electron chi connectivity index (χ2n) is 2.87. The number of hydrogen-bond acceptors (Lipinski definition) is 2. The number of H-pyrrole nitrogens is 1. The van der Waals surface area contributed by atoms with Crippen molar-refractivity contribution in [2.75, 3.05) is 0 Å². The van der Waals surface area contributed by atoms with E-state index >= 15 is 0 Å². The van der Waals surface area contributed by atoms with Gasteiger partial charge >= 0.3 is 0 Å². The van der Waals surface area contributed by atoms with Crippen molar-refractivity contribution in [3.63, 3.8) is 0 Å². The van der Waals surface area contributed by atoms with Crippen molar-refractivity contribution < 1.29 is 0 Å². The first-order valence-corrected chi connectivity index (χ1v) is 3.70. The smallest absolute Gasteiger partial charge is 0.248 e. The highest BCUT2D eigenvalue weighted by Gasteiger charge is 2.12. The number of fused-ring (bicyclic) bond motifs is 1. The number of aromatic amines is 1. The molecule has 2 N–H and O–H groups in total. The molecular formula is C8H10N2O. The SMILES string of the molecule is Cc1[nH]c(=O)cc2c1CNC2. The molecule has 2 heterocycles. The average Bonchev–Trinajstić information content (AvgIpc) is 2.34. The van der Waals surface area contributed by atoms with Gasteiger partial charge in [-0.15, -0.1) is 0 Å². The summed E-state index contributed by atoms with van der Waals surface area (Å²) < 4.78 is 0. The number of pyridine rings is 1. The summed E-state index contributed by atoms with van der Waals surface area (Å²) in [5, 5.41) is 3.20. The van der Waals surface area contributed by atoms with Crippen LogP contribution in [0.4, 0.5) is 0 Å². The molecule has 0 amide bonds. The van der Waals surface area contributed by atoms with E-state index in [0.717, 1.165) is 24.3 Å². The molecule has 11 heavy (non-hydrogen) atoms. The molecule has 3 heteroatoms. The van der Waals surface area contributed by atoms with E-state index in [2.05, 4.69) is 10.3 Å². The monoisotopic (exact) mass is 150 g/mol. The van der Waals surface area contributed by atoms with Crippen molar-refractivity contribution in [3.05, 3.63) is 33.2 Å². The molecule has 0 fully saturated rings. The minimum absolute atomic E-state index is 0.00458. The van der Waals surface area contributed by atoms with Gasteiger partial charge in [0.05, 0.1) is 0 Å². The van der Waals surface area contributed by atoms with E-state index in [-0.39, 0.29) is 5.56 Å². The first-order chi connectivity index (χ1) is 5.27. The third-order valence-electron chi connectivity index (χ3n) is 2.07. The summed E-state index contributed by atoms with van der Waals surface area (Å²) >= 11 is 0. The van der Waals surface area contributed by atoms with Crippen LogP contribution in [0.1, 0.15) is 16.8 Å². The van der Waals surface area contributed by atoms with E-state index in [9.17, 15) is 4.79 Å². The Labute approximate surface area is 64.5 Å². The van der Waals surface area contributed by atoms with Gasteiger partial charge in [-0.05, 0) is 18.1 Å². The third-order valence-corrected chi connectivity index (χ3v) is 2.07. The van der Waals surface area contributed by atoms with Crippen molar-refractivity contribution >= 4 is 0 Å². The molecule has 1 aromatic rings. The number of aromatic nitrogens is 1. The lowest BCUT2D eigenvalue weighted by Crippen LogP contribution is -2.08. The molecule has 0 radical (unpaired) electrons. The predicted molar refractivity (Wildman–Crippen MR) is 42.3 cm³/mol. The van der Waals surface area contributed by atoms with Gasteiger partial charge in [0.15, 0.2) is 0 Å². The second kappa shape index (κ2) is 2.20. The van der Waals surface area contributed by atoms with Crippen LogP contribution in [-0.2, 0) is 13.1 Å². The minimum atomic E-state index is 0.00458. The standard InChI is InChI=1S/C8H10N2O/c1-5-7-4-9-3-6(7)2-8(11)10-5/h2,9H,3-4H2,1H3,(H,10,11). The van der Waals surface area contributed by atoms with Crippen molar-refractivity contribution in [3.8, 4) is 0 Å². The Balaban J connectivity index is 2.70. The van der Waals surface area contributed by atoms with Crippen molar-refractivity contribution in [1.82, 2.24) is 10.3 Å². The Kier molecular flexibility index (Phi) is 1.32. The van der Waals surface area contributed by atoms with Crippen LogP contribution < -0.4 is 10.9 Å². The Hall–Kier alpha value is -1.09. The molecule has 1 aromatic heterocycles. The second-order valence-corrected chi connectivity index (χ2v) is 2.87. The maximum atomic E-state index is 11.0. The zero-order valence-corrected chi connectivity index (χ0v) is 6.40. The van der Waals surface area contributed by atoms with Crippen LogP contribution in [0.15, 0.2) is 10.9 Å². The van der Waals surface area contributed by atoms with Crippen molar-refractivity contribution in [2.45, 2.75) is 20.0 Å². The number of rotatable bonds is 0. The zero-order valence-electron chi connectivity index (χ0n) is 6.40. The van der Waals surface area contributed by atoms with Crippen LogP contribution in [0.2, 0.25) is 0 Å². The van der Waals surface area contributed by atoms with Crippen LogP contribution in [0, 0.1) is 6.92 Å². The Morgan fingerprint density at radius 2 is 2.27 bits per heavy atom. The molecule has 0 atom stereocenters. The van der Waals surface area contributed by atoms with Gasteiger partial charge in [-0.25, -0.2) is 0 Å². The van der Waals surface area contributed by atoms with Gasteiger partial charge in [0, 0.05) is 24.8 Å². The highest BCUT2D eigenvalue weighted by Crippen LogP contribution is 2.14. The molecule has 0 aliphatic carbocycles. The highest BCUT2D eigenvalue weighted by atomic mass is 16.1. The Morgan fingerprint density at radius 3 is 3.09 bits per heavy atom. The summed E-state index contributed by atoms with van der Waals surface area (Å²) in [6.45, 7) is 3.66. The van der Waals surface area contributed by atoms with E-state index in [1.54, 1.807) is 6.07 Å². The first kappa shape index (κ1) is 6.61. The minimum Gasteiger partial charge on any atom is -0.326 e. The molecule has 0 saturated heterocycles. The van der Waals surface area contributed by atoms with Crippen LogP contribution in [0.25, 0.3) is 0 Å². The van der Waals surface area contributed by atoms with E-state index in [1.807, 2.05) is 6.92 Å². The summed E-state index contributed by atoms with van der Waals surface area (Å²) in [4.78, 5) is 13.7. The van der Waals surface area contributed by atoms with Crippen molar-refractivity contribution in [2.24, 2.45) is 0 Å².